The van der Waals surface area contributed by atoms with Crippen LogP contribution in [0.1, 0.15) is 12.6 Å². The molecule has 0 bridgehead atoms. The number of hydrogen-bond acceptors (Lipinski definition) is 4. The van der Waals surface area contributed by atoms with Gasteiger partial charge in [0.25, 0.3) is 0 Å². The number of nitrogens with one attached hydrogen (secondary N) is 1. The Bertz CT molecular complexity index is 1030. The Hall–Kier alpha value is -3.39. The number of carbonyl (C=O) groups is 2. The van der Waals surface area contributed by atoms with Crippen LogP contribution in [0.3, 0.4) is 0 Å². The number of halogens is 2. The van der Waals surface area contributed by atoms with Crippen molar-refractivity contribution >= 4 is 45.7 Å². The van der Waals surface area contributed by atoms with Gasteiger partial charge in [0.1, 0.15) is 11.6 Å². The first-order valence-electron chi connectivity index (χ1n) is 8.19. The van der Waals surface area contributed by atoms with E-state index >= 15 is 0 Å². The van der Waals surface area contributed by atoms with Crippen molar-refractivity contribution < 1.29 is 18.4 Å². The standard InChI is InChI=1S/C20H15F2N3O2S/c1-13(26)25(16-5-3-2-4-6-16)20-23-15(12-28-20)8-10-19(27)24-18-11-14(21)7-9-17(18)22/h2-12H,1H3,(H,24,27)/b10-8+. The molecule has 3 aromatic rings. The summed E-state index contributed by atoms with van der Waals surface area (Å²) in [6.45, 7) is 1.44. The van der Waals surface area contributed by atoms with E-state index in [0.717, 1.165) is 24.3 Å². The van der Waals surface area contributed by atoms with Crippen LogP contribution in [0.5, 0.6) is 0 Å². The Labute approximate surface area is 164 Å². The quantitative estimate of drug-likeness (QED) is 0.630. The number of carbonyl (C=O) groups excluding carboxylic acids is 2. The maximum absolute atomic E-state index is 13.6. The molecule has 8 heteroatoms. The van der Waals surface area contributed by atoms with E-state index in [4.69, 9.17) is 0 Å². The number of benzene rings is 2. The molecule has 5 nitrogen and oxygen atoms in total. The molecule has 0 spiro atoms. The minimum absolute atomic E-state index is 0.199. The Kier molecular flexibility index (Phi) is 5.90. The van der Waals surface area contributed by atoms with Crippen LogP contribution in [0.2, 0.25) is 0 Å². The highest BCUT2D eigenvalue weighted by Gasteiger charge is 2.17. The highest BCUT2D eigenvalue weighted by Crippen LogP contribution is 2.29. The van der Waals surface area contributed by atoms with Gasteiger partial charge in [0, 0.05) is 24.4 Å². The number of amides is 2. The first kappa shape index (κ1) is 19.4. The molecule has 0 radical (unpaired) electrons. The highest BCUT2D eigenvalue weighted by molar-refractivity contribution is 7.14. The summed E-state index contributed by atoms with van der Waals surface area (Å²) < 4.78 is 26.7. The van der Waals surface area contributed by atoms with Crippen molar-refractivity contribution in [2.75, 3.05) is 10.2 Å². The second kappa shape index (κ2) is 8.53. The molecule has 0 atom stereocenters. The summed E-state index contributed by atoms with van der Waals surface area (Å²) in [5.41, 5.74) is 0.886. The molecule has 2 amide bonds. The van der Waals surface area contributed by atoms with E-state index in [1.165, 1.54) is 29.2 Å². The minimum atomic E-state index is -0.737. The van der Waals surface area contributed by atoms with Gasteiger partial charge >= 0.3 is 0 Å². The average molecular weight is 399 g/mol. The molecule has 0 unspecified atom stereocenters. The molecular formula is C20H15F2N3O2S. The fourth-order valence-corrected chi connectivity index (χ4v) is 3.24. The first-order valence-corrected chi connectivity index (χ1v) is 9.07. The Morgan fingerprint density at radius 1 is 1.14 bits per heavy atom. The normalized spacial score (nSPS) is 10.8. The Morgan fingerprint density at radius 3 is 2.61 bits per heavy atom. The molecule has 1 N–H and O–H groups in total. The lowest BCUT2D eigenvalue weighted by atomic mass is 10.3. The second-order valence-corrected chi connectivity index (χ2v) is 6.53. The van der Waals surface area contributed by atoms with Crippen LogP contribution in [0.15, 0.2) is 60.0 Å². The van der Waals surface area contributed by atoms with Gasteiger partial charge in [-0.1, -0.05) is 18.2 Å². The van der Waals surface area contributed by atoms with E-state index in [9.17, 15) is 18.4 Å². The number of rotatable bonds is 5. The summed E-state index contributed by atoms with van der Waals surface area (Å²) in [5.74, 6) is -2.23. The number of anilines is 3. The lowest BCUT2D eigenvalue weighted by molar-refractivity contribution is -0.116. The first-order chi connectivity index (χ1) is 13.4. The van der Waals surface area contributed by atoms with Crippen LogP contribution < -0.4 is 10.2 Å². The summed E-state index contributed by atoms with van der Waals surface area (Å²) in [4.78, 5) is 29.8. The molecule has 0 saturated carbocycles. The van der Waals surface area contributed by atoms with Crippen molar-refractivity contribution in [2.24, 2.45) is 0 Å². The average Bonchev–Trinajstić information content (AvgIpc) is 3.12. The third-order valence-electron chi connectivity index (χ3n) is 3.62. The third kappa shape index (κ3) is 4.66. The molecule has 2 aromatic carbocycles. The Morgan fingerprint density at radius 2 is 1.89 bits per heavy atom. The van der Waals surface area contributed by atoms with E-state index in [1.54, 1.807) is 17.5 Å². The van der Waals surface area contributed by atoms with Crippen LogP contribution >= 0.6 is 11.3 Å². The molecule has 1 heterocycles. The SMILES string of the molecule is CC(=O)N(c1ccccc1)c1nc(/C=C/C(=O)Nc2cc(F)ccc2F)cs1. The maximum Gasteiger partial charge on any atom is 0.248 e. The van der Waals surface area contributed by atoms with Crippen molar-refractivity contribution in [1.82, 2.24) is 4.98 Å². The van der Waals surface area contributed by atoms with Gasteiger partial charge in [-0.2, -0.15) is 0 Å². The van der Waals surface area contributed by atoms with Crippen LogP contribution in [-0.4, -0.2) is 16.8 Å². The molecule has 0 aliphatic rings. The summed E-state index contributed by atoms with van der Waals surface area (Å²) >= 11 is 1.24. The number of para-hydroxylation sites is 1. The Balaban J connectivity index is 1.73. The molecule has 142 valence electrons. The zero-order valence-corrected chi connectivity index (χ0v) is 15.5. The van der Waals surface area contributed by atoms with Crippen molar-refractivity contribution in [2.45, 2.75) is 6.92 Å². The predicted molar refractivity (Wildman–Crippen MR) is 105 cm³/mol. The van der Waals surface area contributed by atoms with Crippen molar-refractivity contribution in [1.29, 1.82) is 0 Å². The van der Waals surface area contributed by atoms with Crippen LogP contribution in [0.4, 0.5) is 25.3 Å². The molecule has 0 saturated heterocycles. The van der Waals surface area contributed by atoms with Crippen molar-refractivity contribution in [3.05, 3.63) is 77.3 Å². The molecule has 0 fully saturated rings. The predicted octanol–water partition coefficient (Wildman–Crippen LogP) is 4.76. The zero-order chi connectivity index (χ0) is 20.1. The maximum atomic E-state index is 13.6. The van der Waals surface area contributed by atoms with Gasteiger partial charge in [-0.15, -0.1) is 11.3 Å². The third-order valence-corrected chi connectivity index (χ3v) is 4.47. The largest absolute Gasteiger partial charge is 0.320 e. The minimum Gasteiger partial charge on any atom is -0.320 e. The van der Waals surface area contributed by atoms with Crippen molar-refractivity contribution in [3.63, 3.8) is 0 Å². The number of aromatic nitrogens is 1. The molecule has 0 aliphatic carbocycles. The van der Waals surface area contributed by atoms with Gasteiger partial charge in [-0.3, -0.25) is 14.5 Å². The van der Waals surface area contributed by atoms with E-state index in [2.05, 4.69) is 10.3 Å². The van der Waals surface area contributed by atoms with Gasteiger partial charge in [0.2, 0.25) is 11.8 Å². The van der Waals surface area contributed by atoms with E-state index < -0.39 is 17.5 Å². The fraction of sp³-hybridized carbons (Fsp3) is 0.0500. The summed E-state index contributed by atoms with van der Waals surface area (Å²) in [6.07, 6.45) is 2.58. The van der Waals surface area contributed by atoms with Gasteiger partial charge in [0.15, 0.2) is 5.13 Å². The summed E-state index contributed by atoms with van der Waals surface area (Å²) in [6, 6.07) is 11.8. The lowest BCUT2D eigenvalue weighted by Crippen LogP contribution is -2.22. The van der Waals surface area contributed by atoms with Crippen molar-refractivity contribution in [3.8, 4) is 0 Å². The van der Waals surface area contributed by atoms with E-state index in [1.807, 2.05) is 18.2 Å². The number of thiazole rings is 1. The second-order valence-electron chi connectivity index (χ2n) is 5.69. The van der Waals surface area contributed by atoms with Crippen LogP contribution in [-0.2, 0) is 9.59 Å². The van der Waals surface area contributed by atoms with Crippen LogP contribution in [0.25, 0.3) is 6.08 Å². The number of hydrogen-bond donors (Lipinski definition) is 1. The topological polar surface area (TPSA) is 62.3 Å². The smallest absolute Gasteiger partial charge is 0.248 e. The lowest BCUT2D eigenvalue weighted by Gasteiger charge is -2.17. The van der Waals surface area contributed by atoms with Gasteiger partial charge in [0.05, 0.1) is 17.1 Å². The molecule has 3 rings (SSSR count). The van der Waals surface area contributed by atoms with E-state index in [0.29, 0.717) is 16.5 Å². The number of nitrogens with zero attached hydrogens (tertiary/aromatic N) is 2. The van der Waals surface area contributed by atoms with Gasteiger partial charge in [-0.05, 0) is 30.3 Å². The molecule has 28 heavy (non-hydrogen) atoms. The summed E-state index contributed by atoms with van der Waals surface area (Å²) in [7, 11) is 0. The van der Waals surface area contributed by atoms with Crippen LogP contribution in [0, 0.1) is 11.6 Å². The molecular weight excluding hydrogens is 384 g/mol. The zero-order valence-electron chi connectivity index (χ0n) is 14.7. The highest BCUT2D eigenvalue weighted by atomic mass is 32.1. The molecule has 1 aromatic heterocycles. The van der Waals surface area contributed by atoms with Gasteiger partial charge in [-0.25, -0.2) is 13.8 Å². The molecule has 0 aliphatic heterocycles. The van der Waals surface area contributed by atoms with Gasteiger partial charge < -0.3 is 5.32 Å². The fourth-order valence-electron chi connectivity index (χ4n) is 2.39. The summed E-state index contributed by atoms with van der Waals surface area (Å²) in [5, 5.41) is 4.40. The monoisotopic (exact) mass is 399 g/mol. The van der Waals surface area contributed by atoms with E-state index in [-0.39, 0.29) is 11.6 Å².